The van der Waals surface area contributed by atoms with E-state index in [9.17, 15) is 14.4 Å². The molecular weight excluding hydrogens is 424 g/mol. The molecule has 2 aromatic rings. The molecule has 0 aliphatic carbocycles. The summed E-state index contributed by atoms with van der Waals surface area (Å²) in [5.74, 6) is -0.870. The highest BCUT2D eigenvalue weighted by Gasteiger charge is 2.36. The Balaban J connectivity index is 1.69. The predicted molar refractivity (Wildman–Crippen MR) is 105 cm³/mol. The molecule has 0 unspecified atom stereocenters. The van der Waals surface area contributed by atoms with Gasteiger partial charge in [0.2, 0.25) is 5.91 Å². The number of carbonyl (C=O) groups is 3. The zero-order chi connectivity index (χ0) is 18.0. The van der Waals surface area contributed by atoms with E-state index in [0.29, 0.717) is 10.6 Å². The van der Waals surface area contributed by atoms with Crippen LogP contribution in [0.1, 0.15) is 9.75 Å². The Hall–Kier alpha value is -1.90. The zero-order valence-corrected chi connectivity index (χ0v) is 16.3. The minimum absolute atomic E-state index is 0.313. The molecule has 1 saturated heterocycles. The number of carbonyl (C=O) groups excluding carboxylic acids is 3. The number of rotatable bonds is 4. The predicted octanol–water partition coefficient (Wildman–Crippen LogP) is 4.49. The number of nitrogens with zero attached hydrogens (tertiary/aromatic N) is 1. The van der Waals surface area contributed by atoms with E-state index in [1.165, 1.54) is 0 Å². The lowest BCUT2D eigenvalue weighted by Gasteiger charge is -2.13. The molecule has 0 bridgehead atoms. The van der Waals surface area contributed by atoms with Crippen molar-refractivity contribution >= 4 is 67.8 Å². The van der Waals surface area contributed by atoms with E-state index >= 15 is 0 Å². The first-order chi connectivity index (χ1) is 11.9. The summed E-state index contributed by atoms with van der Waals surface area (Å²) in [4.78, 5) is 40.0. The van der Waals surface area contributed by atoms with Crippen LogP contribution in [0.2, 0.25) is 0 Å². The molecule has 0 saturated carbocycles. The summed E-state index contributed by atoms with van der Waals surface area (Å²) in [6.07, 6.45) is 1.69. The quantitative estimate of drug-likeness (QED) is 0.716. The summed E-state index contributed by atoms with van der Waals surface area (Å²) >= 11 is 5.73. The van der Waals surface area contributed by atoms with Gasteiger partial charge in [-0.25, -0.2) is 0 Å². The highest BCUT2D eigenvalue weighted by atomic mass is 79.9. The molecule has 3 amide bonds. The first kappa shape index (κ1) is 17.9. The highest BCUT2D eigenvalue weighted by molar-refractivity contribution is 9.10. The SMILES string of the molecule is Cc1ccc(/C=C2/SC(=O)N(CC(=O)Nc3ccccc3Br)C2=O)s1. The van der Waals surface area contributed by atoms with E-state index in [-0.39, 0.29) is 6.54 Å². The van der Waals surface area contributed by atoms with E-state index < -0.39 is 17.1 Å². The van der Waals surface area contributed by atoms with E-state index in [0.717, 1.165) is 30.9 Å². The number of benzene rings is 1. The number of anilines is 1. The number of hydrogen-bond acceptors (Lipinski definition) is 5. The van der Waals surface area contributed by atoms with Crippen molar-refractivity contribution < 1.29 is 14.4 Å². The minimum atomic E-state index is -0.441. The third kappa shape index (κ3) is 4.20. The van der Waals surface area contributed by atoms with Crippen LogP contribution < -0.4 is 5.32 Å². The van der Waals surface area contributed by atoms with Crippen LogP contribution in [-0.4, -0.2) is 28.5 Å². The van der Waals surface area contributed by atoms with Crippen molar-refractivity contribution in [2.45, 2.75) is 6.92 Å². The molecule has 5 nitrogen and oxygen atoms in total. The maximum absolute atomic E-state index is 12.4. The molecule has 8 heteroatoms. The molecule has 1 aliphatic heterocycles. The van der Waals surface area contributed by atoms with Crippen molar-refractivity contribution in [2.24, 2.45) is 0 Å². The van der Waals surface area contributed by atoms with E-state index in [2.05, 4.69) is 21.2 Å². The Kier molecular flexibility index (Phi) is 5.41. The Labute approximate surface area is 161 Å². The summed E-state index contributed by atoms with van der Waals surface area (Å²) < 4.78 is 0.727. The van der Waals surface area contributed by atoms with Crippen molar-refractivity contribution in [1.82, 2.24) is 4.90 Å². The van der Waals surface area contributed by atoms with Gasteiger partial charge in [0.25, 0.3) is 11.1 Å². The first-order valence-corrected chi connectivity index (χ1v) is 9.73. The maximum atomic E-state index is 12.4. The number of para-hydroxylation sites is 1. The second-order valence-corrected chi connectivity index (χ2v) is 8.41. The second-order valence-electron chi connectivity index (χ2n) is 5.24. The maximum Gasteiger partial charge on any atom is 0.294 e. The molecule has 1 aromatic heterocycles. The number of thiophene rings is 1. The minimum Gasteiger partial charge on any atom is -0.324 e. The Morgan fingerprint density at radius 1 is 1.24 bits per heavy atom. The number of aryl methyl sites for hydroxylation is 1. The molecule has 2 heterocycles. The summed E-state index contributed by atoms with van der Waals surface area (Å²) in [5.41, 5.74) is 0.587. The van der Waals surface area contributed by atoms with Gasteiger partial charge in [-0.1, -0.05) is 12.1 Å². The molecule has 0 spiro atoms. The average Bonchev–Trinajstić information content (AvgIpc) is 3.08. The van der Waals surface area contributed by atoms with Gasteiger partial charge in [-0.15, -0.1) is 11.3 Å². The molecule has 1 aromatic carbocycles. The lowest BCUT2D eigenvalue weighted by atomic mass is 10.3. The van der Waals surface area contributed by atoms with Crippen LogP contribution in [0.15, 0.2) is 45.8 Å². The van der Waals surface area contributed by atoms with Crippen LogP contribution in [0.3, 0.4) is 0 Å². The van der Waals surface area contributed by atoms with Crippen LogP contribution in [0, 0.1) is 6.92 Å². The molecular formula is C17H13BrN2O3S2. The van der Waals surface area contributed by atoms with Crippen LogP contribution >= 0.6 is 39.0 Å². The number of hydrogen-bond donors (Lipinski definition) is 1. The normalized spacial score (nSPS) is 15.9. The molecule has 25 heavy (non-hydrogen) atoms. The van der Waals surface area contributed by atoms with Gasteiger partial charge in [0.05, 0.1) is 10.6 Å². The van der Waals surface area contributed by atoms with Crippen molar-refractivity contribution in [3.63, 3.8) is 0 Å². The summed E-state index contributed by atoms with van der Waals surface area (Å²) in [7, 11) is 0. The molecule has 1 N–H and O–H groups in total. The molecule has 0 radical (unpaired) electrons. The largest absolute Gasteiger partial charge is 0.324 e. The van der Waals surface area contributed by atoms with Gasteiger partial charge in [0, 0.05) is 14.2 Å². The molecule has 1 aliphatic rings. The van der Waals surface area contributed by atoms with Crippen LogP contribution in [0.25, 0.3) is 6.08 Å². The molecule has 0 atom stereocenters. The van der Waals surface area contributed by atoms with Gasteiger partial charge in [0.1, 0.15) is 6.54 Å². The molecule has 3 rings (SSSR count). The fourth-order valence-electron chi connectivity index (χ4n) is 2.19. The number of imide groups is 1. The number of nitrogens with one attached hydrogen (secondary N) is 1. The topological polar surface area (TPSA) is 66.5 Å². The van der Waals surface area contributed by atoms with Crippen molar-refractivity contribution in [2.75, 3.05) is 11.9 Å². The van der Waals surface area contributed by atoms with Crippen LogP contribution in [0.5, 0.6) is 0 Å². The third-order valence-electron chi connectivity index (χ3n) is 3.36. The van der Waals surface area contributed by atoms with Crippen molar-refractivity contribution in [3.05, 3.63) is 55.5 Å². The Morgan fingerprint density at radius 3 is 2.68 bits per heavy atom. The van der Waals surface area contributed by atoms with Gasteiger partial charge in [-0.3, -0.25) is 19.3 Å². The van der Waals surface area contributed by atoms with Gasteiger partial charge < -0.3 is 5.32 Å². The monoisotopic (exact) mass is 436 g/mol. The van der Waals surface area contributed by atoms with Gasteiger partial charge in [-0.2, -0.15) is 0 Å². The second kappa shape index (κ2) is 7.55. The van der Waals surface area contributed by atoms with E-state index in [1.807, 2.05) is 25.1 Å². The van der Waals surface area contributed by atoms with Gasteiger partial charge >= 0.3 is 0 Å². The van der Waals surface area contributed by atoms with E-state index in [4.69, 9.17) is 0 Å². The van der Waals surface area contributed by atoms with Gasteiger partial charge in [-0.05, 0) is 65.0 Å². The fraction of sp³-hybridized carbons (Fsp3) is 0.118. The molecule has 1 fully saturated rings. The van der Waals surface area contributed by atoms with Crippen LogP contribution in [-0.2, 0) is 9.59 Å². The summed E-state index contributed by atoms with van der Waals surface area (Å²) in [6.45, 7) is 1.66. The summed E-state index contributed by atoms with van der Waals surface area (Å²) in [6, 6.07) is 11.0. The lowest BCUT2D eigenvalue weighted by Crippen LogP contribution is -2.36. The lowest BCUT2D eigenvalue weighted by molar-refractivity contribution is -0.127. The highest BCUT2D eigenvalue weighted by Crippen LogP contribution is 2.33. The van der Waals surface area contributed by atoms with E-state index in [1.54, 1.807) is 35.6 Å². The standard InChI is InChI=1S/C17H13BrN2O3S2/c1-10-6-7-11(24-10)8-14-16(22)20(17(23)25-14)9-15(21)19-13-5-3-2-4-12(13)18/h2-8H,9H2,1H3,(H,19,21)/b14-8+. The number of thioether (sulfide) groups is 1. The third-order valence-corrected chi connectivity index (χ3v) is 5.90. The van der Waals surface area contributed by atoms with Gasteiger partial charge in [0.15, 0.2) is 0 Å². The van der Waals surface area contributed by atoms with Crippen molar-refractivity contribution in [3.8, 4) is 0 Å². The summed E-state index contributed by atoms with van der Waals surface area (Å²) in [5, 5.41) is 2.25. The van der Waals surface area contributed by atoms with Crippen molar-refractivity contribution in [1.29, 1.82) is 0 Å². The Morgan fingerprint density at radius 2 is 2.00 bits per heavy atom. The van der Waals surface area contributed by atoms with Crippen LogP contribution in [0.4, 0.5) is 10.5 Å². The number of amides is 3. The smallest absolute Gasteiger partial charge is 0.294 e. The average molecular weight is 437 g/mol. The Bertz CT molecular complexity index is 892. The molecule has 128 valence electrons. The zero-order valence-electron chi connectivity index (χ0n) is 13.1. The fourth-order valence-corrected chi connectivity index (χ4v) is 4.30. The first-order valence-electron chi connectivity index (χ1n) is 7.30. The number of halogens is 1.